The molecular formula is C27H46N4O4S. The summed E-state index contributed by atoms with van der Waals surface area (Å²) in [6.45, 7) is 3.68. The van der Waals surface area contributed by atoms with Gasteiger partial charge in [-0.25, -0.2) is 12.7 Å². The fraction of sp³-hybridized carbons (Fsp3) is 0.741. The second kappa shape index (κ2) is 12.7. The molecule has 1 amide bonds. The molecule has 2 saturated carbocycles. The van der Waals surface area contributed by atoms with Crippen LogP contribution in [0.1, 0.15) is 68.9 Å². The number of aryl methyl sites for hydroxylation is 2. The Labute approximate surface area is 218 Å². The maximum atomic E-state index is 13.2. The van der Waals surface area contributed by atoms with Gasteiger partial charge in [0, 0.05) is 44.2 Å². The second-order valence-corrected chi connectivity index (χ2v) is 12.9. The van der Waals surface area contributed by atoms with E-state index in [2.05, 4.69) is 29.6 Å². The lowest BCUT2D eigenvalue weighted by molar-refractivity contribution is -0.122. The molecule has 9 heteroatoms. The summed E-state index contributed by atoms with van der Waals surface area (Å²) in [6, 6.07) is 5.49. The topological polar surface area (TPSA) is 91.0 Å². The minimum absolute atomic E-state index is 0.0846. The van der Waals surface area contributed by atoms with E-state index < -0.39 is 10.0 Å². The van der Waals surface area contributed by atoms with Crippen molar-refractivity contribution in [3.8, 4) is 5.75 Å². The van der Waals surface area contributed by atoms with Crippen LogP contribution in [0.5, 0.6) is 5.75 Å². The number of hydrogen-bond donors (Lipinski definition) is 2. The van der Waals surface area contributed by atoms with E-state index in [4.69, 9.17) is 4.74 Å². The van der Waals surface area contributed by atoms with E-state index in [1.165, 1.54) is 37.0 Å². The summed E-state index contributed by atoms with van der Waals surface area (Å²) in [4.78, 5) is 15.2. The Kier molecular flexibility index (Phi) is 10.2. The van der Waals surface area contributed by atoms with Crippen LogP contribution < -0.4 is 15.4 Å². The van der Waals surface area contributed by atoms with Crippen LogP contribution >= 0.6 is 0 Å². The molecule has 0 radical (unpaired) electrons. The molecule has 8 nitrogen and oxygen atoms in total. The predicted molar refractivity (Wildman–Crippen MR) is 144 cm³/mol. The van der Waals surface area contributed by atoms with Crippen LogP contribution in [0.2, 0.25) is 0 Å². The highest BCUT2D eigenvalue weighted by Crippen LogP contribution is 2.28. The first-order chi connectivity index (χ1) is 17.0. The van der Waals surface area contributed by atoms with Crippen LogP contribution in [-0.2, 0) is 14.8 Å². The van der Waals surface area contributed by atoms with Gasteiger partial charge in [-0.1, -0.05) is 0 Å². The number of carbonyl (C=O) groups is 1. The van der Waals surface area contributed by atoms with Gasteiger partial charge in [0.15, 0.2) is 0 Å². The number of nitrogens with zero attached hydrogens (tertiary/aromatic N) is 2. The van der Waals surface area contributed by atoms with Gasteiger partial charge in [0.05, 0.1) is 12.0 Å². The average Bonchev–Trinajstić information content (AvgIpc) is 2.83. The molecule has 1 aromatic rings. The predicted octanol–water partition coefficient (Wildman–Crippen LogP) is 3.21. The zero-order valence-corrected chi connectivity index (χ0v) is 23.8. The van der Waals surface area contributed by atoms with Gasteiger partial charge >= 0.3 is 0 Å². The standard InChI is InChI=1S/C27H46N4O4S/c1-19-17-25(35-6)18-20(2)27(19)36(33,34)31(5)16-15-26(32)29-23-9-7-21(8-10-23)28-22-11-13-24(14-12-22)30(3)4/h17-18,21-24,28H,7-16H2,1-6H3,(H,29,32)/t21?,22-,23?,24+. The molecule has 0 bridgehead atoms. The first-order valence-electron chi connectivity index (χ1n) is 13.3. The van der Waals surface area contributed by atoms with E-state index >= 15 is 0 Å². The van der Waals surface area contributed by atoms with Gasteiger partial charge in [-0.3, -0.25) is 4.79 Å². The smallest absolute Gasteiger partial charge is 0.243 e. The van der Waals surface area contributed by atoms with Gasteiger partial charge < -0.3 is 20.3 Å². The third-order valence-electron chi connectivity index (χ3n) is 7.98. The number of ether oxygens (including phenoxy) is 1. The number of sulfonamides is 1. The maximum Gasteiger partial charge on any atom is 0.243 e. The van der Waals surface area contributed by atoms with Gasteiger partial charge in [-0.2, -0.15) is 0 Å². The fourth-order valence-corrected chi connectivity index (χ4v) is 7.34. The molecule has 1 aromatic carbocycles. The summed E-state index contributed by atoms with van der Waals surface area (Å²) in [7, 11) is 3.75. The summed E-state index contributed by atoms with van der Waals surface area (Å²) in [5.41, 5.74) is 1.28. The third-order valence-corrected chi connectivity index (χ3v) is 10.1. The Balaban J connectivity index is 1.41. The van der Waals surface area contributed by atoms with Crippen LogP contribution in [0.4, 0.5) is 0 Å². The van der Waals surface area contributed by atoms with Gasteiger partial charge in [0.1, 0.15) is 5.75 Å². The molecule has 2 fully saturated rings. The van der Waals surface area contributed by atoms with Crippen LogP contribution in [0.15, 0.2) is 17.0 Å². The molecule has 0 saturated heterocycles. The van der Waals surface area contributed by atoms with Gasteiger partial charge in [0.25, 0.3) is 0 Å². The molecule has 2 N–H and O–H groups in total. The lowest BCUT2D eigenvalue weighted by Gasteiger charge is -2.37. The first kappa shape index (κ1) is 28.9. The minimum atomic E-state index is -3.70. The van der Waals surface area contributed by atoms with Gasteiger partial charge in [-0.15, -0.1) is 0 Å². The van der Waals surface area contributed by atoms with E-state index in [1.807, 2.05) is 0 Å². The van der Waals surface area contributed by atoms with Gasteiger partial charge in [0.2, 0.25) is 15.9 Å². The molecule has 0 unspecified atom stereocenters. The maximum absolute atomic E-state index is 13.2. The number of methoxy groups -OCH3 is 1. The molecule has 0 heterocycles. The monoisotopic (exact) mass is 522 g/mol. The van der Waals surface area contributed by atoms with Crippen molar-refractivity contribution < 1.29 is 17.9 Å². The Bertz CT molecular complexity index is 958. The van der Waals surface area contributed by atoms with E-state index in [1.54, 1.807) is 33.1 Å². The highest BCUT2D eigenvalue weighted by molar-refractivity contribution is 7.89. The van der Waals surface area contributed by atoms with Crippen LogP contribution in [0, 0.1) is 13.8 Å². The van der Waals surface area contributed by atoms with Crippen molar-refractivity contribution in [3.63, 3.8) is 0 Å². The molecule has 2 aliphatic carbocycles. The Hall–Kier alpha value is -1.68. The highest BCUT2D eigenvalue weighted by atomic mass is 32.2. The molecule has 0 spiro atoms. The molecular weight excluding hydrogens is 476 g/mol. The van der Waals surface area contributed by atoms with Crippen molar-refractivity contribution in [2.75, 3.05) is 34.8 Å². The molecule has 3 rings (SSSR count). The summed E-state index contributed by atoms with van der Waals surface area (Å²) >= 11 is 0. The van der Waals surface area contributed by atoms with Crippen LogP contribution in [0.25, 0.3) is 0 Å². The van der Waals surface area contributed by atoms with Crippen molar-refractivity contribution in [1.29, 1.82) is 0 Å². The molecule has 36 heavy (non-hydrogen) atoms. The van der Waals surface area contributed by atoms with E-state index in [0.717, 1.165) is 25.7 Å². The lowest BCUT2D eigenvalue weighted by Crippen LogP contribution is -2.47. The Morgan fingerprint density at radius 2 is 1.42 bits per heavy atom. The zero-order valence-electron chi connectivity index (χ0n) is 23.0. The van der Waals surface area contributed by atoms with E-state index in [9.17, 15) is 13.2 Å². The summed E-state index contributed by atoms with van der Waals surface area (Å²) in [5.74, 6) is 0.547. The average molecular weight is 523 g/mol. The van der Waals surface area contributed by atoms with Crippen molar-refractivity contribution in [1.82, 2.24) is 19.8 Å². The number of carbonyl (C=O) groups excluding carboxylic acids is 1. The van der Waals surface area contributed by atoms with Crippen molar-refractivity contribution in [2.45, 2.75) is 101 Å². The molecule has 204 valence electrons. The number of nitrogens with one attached hydrogen (secondary N) is 2. The van der Waals surface area contributed by atoms with Crippen molar-refractivity contribution in [2.24, 2.45) is 0 Å². The first-order valence-corrected chi connectivity index (χ1v) is 14.8. The largest absolute Gasteiger partial charge is 0.497 e. The lowest BCUT2D eigenvalue weighted by atomic mass is 9.87. The number of rotatable bonds is 10. The molecule has 2 aliphatic rings. The second-order valence-electron chi connectivity index (χ2n) is 10.9. The minimum Gasteiger partial charge on any atom is -0.497 e. The van der Waals surface area contributed by atoms with Crippen molar-refractivity contribution >= 4 is 15.9 Å². The SMILES string of the molecule is COc1cc(C)c(S(=O)(=O)N(C)CCC(=O)NC2CCC(N[C@H]3CC[C@@H](N(C)C)CC3)CC2)c(C)c1. The summed E-state index contributed by atoms with van der Waals surface area (Å²) in [5, 5.41) is 7.00. The number of hydrogen-bond acceptors (Lipinski definition) is 6. The molecule has 0 atom stereocenters. The number of amides is 1. The highest BCUT2D eigenvalue weighted by Gasteiger charge is 2.29. The van der Waals surface area contributed by atoms with Gasteiger partial charge in [-0.05, 0) is 103 Å². The summed E-state index contributed by atoms with van der Waals surface area (Å²) < 4.78 is 32.9. The number of benzene rings is 1. The van der Waals surface area contributed by atoms with E-state index in [0.29, 0.717) is 35.0 Å². The molecule has 0 aliphatic heterocycles. The normalized spacial score (nSPS) is 25.2. The Morgan fingerprint density at radius 3 is 1.92 bits per heavy atom. The Morgan fingerprint density at radius 1 is 0.917 bits per heavy atom. The summed E-state index contributed by atoms with van der Waals surface area (Å²) in [6.07, 6.45) is 9.24. The van der Waals surface area contributed by atoms with Crippen molar-refractivity contribution in [3.05, 3.63) is 23.3 Å². The van der Waals surface area contributed by atoms with Crippen LogP contribution in [-0.4, -0.2) is 82.5 Å². The van der Waals surface area contributed by atoms with E-state index in [-0.39, 0.29) is 29.8 Å². The zero-order chi connectivity index (χ0) is 26.5. The molecule has 0 aromatic heterocycles. The quantitative estimate of drug-likeness (QED) is 0.490. The van der Waals surface area contributed by atoms with Crippen LogP contribution in [0.3, 0.4) is 0 Å². The fourth-order valence-electron chi connectivity index (χ4n) is 5.77. The third kappa shape index (κ3) is 7.43.